The second-order valence-electron chi connectivity index (χ2n) is 8.23. The van der Waals surface area contributed by atoms with Gasteiger partial charge in [0.2, 0.25) is 0 Å². The van der Waals surface area contributed by atoms with Gasteiger partial charge in [-0.1, -0.05) is 20.8 Å². The third kappa shape index (κ3) is 7.59. The number of nitrogens with zero attached hydrogens (tertiary/aromatic N) is 4. The molecule has 2 rings (SSSR count). The zero-order valence-electron chi connectivity index (χ0n) is 17.1. The smallest absolute Gasteiger partial charge is 0.193 e. The quantitative estimate of drug-likeness (QED) is 0.361. The van der Waals surface area contributed by atoms with Gasteiger partial charge in [0.25, 0.3) is 0 Å². The molecule has 1 aromatic rings. The van der Waals surface area contributed by atoms with Gasteiger partial charge in [0.15, 0.2) is 5.96 Å². The maximum atomic E-state index is 11.4. The Morgan fingerprint density at radius 2 is 2.11 bits per heavy atom. The standard InChI is InChI=1S/C18H33N5O2S.HI/c1-15-6-9-22(12-16(15)23-10-8-20-14-23)17(19-4)21-13-18(2,3)7-11-26(5,24)25;/h8,10,14-16H,6-7,9,11-13H2,1-5H3,(H,19,21);1H. The average molecular weight is 511 g/mol. The maximum Gasteiger partial charge on any atom is 0.193 e. The van der Waals surface area contributed by atoms with Crippen LogP contribution in [0, 0.1) is 11.3 Å². The molecule has 0 aliphatic carbocycles. The number of imidazole rings is 1. The number of hydrogen-bond acceptors (Lipinski definition) is 4. The fourth-order valence-electron chi connectivity index (χ4n) is 3.30. The van der Waals surface area contributed by atoms with Gasteiger partial charge in [-0.2, -0.15) is 0 Å². The molecule has 0 aromatic carbocycles. The van der Waals surface area contributed by atoms with Crippen LogP contribution in [-0.2, 0) is 9.84 Å². The number of piperidine rings is 1. The number of aromatic nitrogens is 2. The lowest BCUT2D eigenvalue weighted by Gasteiger charge is -2.40. The van der Waals surface area contributed by atoms with Gasteiger partial charge in [-0.05, 0) is 24.2 Å². The lowest BCUT2D eigenvalue weighted by atomic mass is 9.90. The zero-order valence-corrected chi connectivity index (χ0v) is 20.2. The van der Waals surface area contributed by atoms with E-state index in [1.165, 1.54) is 6.26 Å². The van der Waals surface area contributed by atoms with Crippen molar-refractivity contribution in [1.29, 1.82) is 0 Å². The SMILES string of the molecule is CN=C(NCC(C)(C)CCS(C)(=O)=O)N1CCC(C)C(n2ccnc2)C1.I. The van der Waals surface area contributed by atoms with Crippen molar-refractivity contribution >= 4 is 39.8 Å². The molecule has 0 spiro atoms. The Morgan fingerprint density at radius 1 is 1.41 bits per heavy atom. The molecule has 0 radical (unpaired) electrons. The number of sulfone groups is 1. The van der Waals surface area contributed by atoms with Crippen molar-refractivity contribution in [3.05, 3.63) is 18.7 Å². The number of aliphatic imine (C=N–C) groups is 1. The van der Waals surface area contributed by atoms with Gasteiger partial charge in [-0.25, -0.2) is 13.4 Å². The molecular formula is C18H34IN5O2S. The van der Waals surface area contributed by atoms with E-state index < -0.39 is 9.84 Å². The highest BCUT2D eigenvalue weighted by atomic mass is 127. The van der Waals surface area contributed by atoms with Crippen LogP contribution in [0.3, 0.4) is 0 Å². The highest BCUT2D eigenvalue weighted by Gasteiger charge is 2.29. The molecule has 1 N–H and O–H groups in total. The molecule has 1 fully saturated rings. The lowest BCUT2D eigenvalue weighted by molar-refractivity contribution is 0.187. The predicted octanol–water partition coefficient (Wildman–Crippen LogP) is 2.42. The molecule has 1 aliphatic heterocycles. The maximum absolute atomic E-state index is 11.4. The number of guanidine groups is 1. The third-order valence-corrected chi connectivity index (χ3v) is 6.16. The van der Waals surface area contributed by atoms with Crippen LogP contribution in [0.15, 0.2) is 23.7 Å². The van der Waals surface area contributed by atoms with Crippen LogP contribution in [-0.4, -0.2) is 67.5 Å². The minimum Gasteiger partial charge on any atom is -0.356 e. The summed E-state index contributed by atoms with van der Waals surface area (Å²) in [7, 11) is -1.14. The zero-order chi connectivity index (χ0) is 19.4. The Morgan fingerprint density at radius 3 is 2.67 bits per heavy atom. The van der Waals surface area contributed by atoms with Crippen LogP contribution in [0.4, 0.5) is 0 Å². The molecule has 2 unspecified atom stereocenters. The normalized spacial score (nSPS) is 21.7. The van der Waals surface area contributed by atoms with Crippen LogP contribution in [0.1, 0.15) is 39.7 Å². The van der Waals surface area contributed by atoms with Crippen LogP contribution in [0.5, 0.6) is 0 Å². The van der Waals surface area contributed by atoms with E-state index in [2.05, 4.69) is 45.5 Å². The van der Waals surface area contributed by atoms with E-state index in [1.54, 1.807) is 7.05 Å². The first kappa shape index (κ1) is 24.2. The van der Waals surface area contributed by atoms with Crippen LogP contribution < -0.4 is 5.32 Å². The molecular weight excluding hydrogens is 477 g/mol. The van der Waals surface area contributed by atoms with Crippen LogP contribution >= 0.6 is 24.0 Å². The van der Waals surface area contributed by atoms with Crippen molar-refractivity contribution in [2.45, 2.75) is 39.7 Å². The predicted molar refractivity (Wildman–Crippen MR) is 122 cm³/mol. The summed E-state index contributed by atoms with van der Waals surface area (Å²) >= 11 is 0. The Bertz CT molecular complexity index is 703. The summed E-state index contributed by atoms with van der Waals surface area (Å²) in [6, 6.07) is 0.378. The van der Waals surface area contributed by atoms with Gasteiger partial charge in [-0.15, -0.1) is 24.0 Å². The third-order valence-electron chi connectivity index (χ3n) is 5.21. The molecule has 27 heavy (non-hydrogen) atoms. The summed E-state index contributed by atoms with van der Waals surface area (Å²) in [6.07, 6.45) is 8.75. The first-order chi connectivity index (χ1) is 12.1. The van der Waals surface area contributed by atoms with Gasteiger partial charge < -0.3 is 14.8 Å². The van der Waals surface area contributed by atoms with Crippen LogP contribution in [0.25, 0.3) is 0 Å². The van der Waals surface area contributed by atoms with E-state index in [0.29, 0.717) is 24.9 Å². The minimum atomic E-state index is -2.94. The first-order valence-corrected chi connectivity index (χ1v) is 11.3. The van der Waals surface area contributed by atoms with E-state index in [-0.39, 0.29) is 35.1 Å². The molecule has 7 nitrogen and oxygen atoms in total. The Kier molecular flexibility index (Phi) is 9.04. The van der Waals surface area contributed by atoms with Gasteiger partial charge >= 0.3 is 0 Å². The fourth-order valence-corrected chi connectivity index (χ4v) is 4.22. The minimum absolute atomic E-state index is 0. The highest BCUT2D eigenvalue weighted by molar-refractivity contribution is 14.0. The molecule has 0 bridgehead atoms. The van der Waals surface area contributed by atoms with Gasteiger partial charge in [0, 0.05) is 45.3 Å². The van der Waals surface area contributed by atoms with E-state index in [4.69, 9.17) is 0 Å². The summed E-state index contributed by atoms with van der Waals surface area (Å²) < 4.78 is 25.1. The molecule has 9 heteroatoms. The van der Waals surface area contributed by atoms with Crippen molar-refractivity contribution in [2.24, 2.45) is 16.3 Å². The van der Waals surface area contributed by atoms with Crippen molar-refractivity contribution in [3.63, 3.8) is 0 Å². The lowest BCUT2D eigenvalue weighted by Crippen LogP contribution is -2.50. The van der Waals surface area contributed by atoms with E-state index in [9.17, 15) is 8.42 Å². The van der Waals surface area contributed by atoms with Gasteiger partial charge in [0.05, 0.1) is 18.1 Å². The van der Waals surface area contributed by atoms with E-state index in [1.807, 2.05) is 18.7 Å². The molecule has 2 heterocycles. The molecule has 156 valence electrons. The molecule has 1 aliphatic rings. The van der Waals surface area contributed by atoms with Crippen molar-refractivity contribution < 1.29 is 8.42 Å². The van der Waals surface area contributed by atoms with Gasteiger partial charge in [0.1, 0.15) is 9.84 Å². The summed E-state index contributed by atoms with van der Waals surface area (Å²) in [6.45, 7) is 9.01. The van der Waals surface area contributed by atoms with Gasteiger partial charge in [-0.3, -0.25) is 4.99 Å². The Labute approximate surface area is 181 Å². The first-order valence-electron chi connectivity index (χ1n) is 9.22. The summed E-state index contributed by atoms with van der Waals surface area (Å²) in [5.41, 5.74) is -0.119. The van der Waals surface area contributed by atoms with Crippen molar-refractivity contribution in [1.82, 2.24) is 19.8 Å². The number of rotatable bonds is 6. The van der Waals surface area contributed by atoms with Crippen LogP contribution in [0.2, 0.25) is 0 Å². The molecule has 1 aromatic heterocycles. The topological polar surface area (TPSA) is 79.6 Å². The van der Waals surface area contributed by atoms with Crippen molar-refractivity contribution in [2.75, 3.05) is 38.7 Å². The number of likely N-dealkylation sites (tertiary alicyclic amines) is 1. The fraction of sp³-hybridized carbons (Fsp3) is 0.778. The van der Waals surface area contributed by atoms with E-state index in [0.717, 1.165) is 25.5 Å². The largest absolute Gasteiger partial charge is 0.356 e. The highest BCUT2D eigenvalue weighted by Crippen LogP contribution is 2.27. The molecule has 1 saturated heterocycles. The summed E-state index contributed by atoms with van der Waals surface area (Å²) in [5, 5.41) is 3.45. The summed E-state index contributed by atoms with van der Waals surface area (Å²) in [4.78, 5) is 10.9. The second kappa shape index (κ2) is 10.1. The monoisotopic (exact) mass is 511 g/mol. The van der Waals surface area contributed by atoms with E-state index >= 15 is 0 Å². The Balaban J connectivity index is 0.00000364. The molecule has 2 atom stereocenters. The number of nitrogens with one attached hydrogen (secondary N) is 1. The molecule has 0 saturated carbocycles. The Hall–Kier alpha value is -0.840. The number of halogens is 1. The second-order valence-corrected chi connectivity index (χ2v) is 10.5. The molecule has 0 amide bonds. The average Bonchev–Trinajstić information content (AvgIpc) is 3.08. The number of hydrogen-bond donors (Lipinski definition) is 1. The summed E-state index contributed by atoms with van der Waals surface area (Å²) in [5.74, 6) is 1.68. The van der Waals surface area contributed by atoms with Crippen molar-refractivity contribution in [3.8, 4) is 0 Å².